The normalized spacial score (nSPS) is 15.8. The zero-order chi connectivity index (χ0) is 20.1. The van der Waals surface area contributed by atoms with Gasteiger partial charge < -0.3 is 39.7 Å². The smallest absolute Gasteiger partial charge is 0.233 e. The van der Waals surface area contributed by atoms with Gasteiger partial charge in [0.15, 0.2) is 0 Å². The van der Waals surface area contributed by atoms with Gasteiger partial charge in [-0.15, -0.1) is 12.4 Å². The van der Waals surface area contributed by atoms with Crippen molar-refractivity contribution in [3.8, 4) is 0 Å². The van der Waals surface area contributed by atoms with Gasteiger partial charge in [0.1, 0.15) is 0 Å². The molecule has 10 nitrogen and oxygen atoms in total. The average molecular weight is 507 g/mol. The highest BCUT2D eigenvalue weighted by atomic mass is 35.5. The molecule has 34 heavy (non-hydrogen) atoms. The van der Waals surface area contributed by atoms with Crippen molar-refractivity contribution in [3.63, 3.8) is 0 Å². The van der Waals surface area contributed by atoms with Crippen LogP contribution in [0, 0.1) is 0 Å². The van der Waals surface area contributed by atoms with Gasteiger partial charge in [-0.05, 0) is 68.6 Å². The maximum absolute atomic E-state index is 4.86. The summed E-state index contributed by atoms with van der Waals surface area (Å²) in [4.78, 5) is 19.1. The van der Waals surface area contributed by atoms with Crippen LogP contribution in [0.25, 0.3) is 0 Å². The van der Waals surface area contributed by atoms with E-state index in [-0.39, 0.29) is 42.7 Å². The Labute approximate surface area is 217 Å². The van der Waals surface area contributed by atoms with Gasteiger partial charge in [-0.25, -0.2) is 0 Å². The minimum absolute atomic E-state index is 0. The fourth-order valence-electron chi connectivity index (χ4n) is 4.14. The summed E-state index contributed by atoms with van der Waals surface area (Å²) in [5.74, 6) is 2.87. The molecule has 0 aliphatic carbocycles. The van der Waals surface area contributed by atoms with Crippen molar-refractivity contribution in [1.82, 2.24) is 39.6 Å². The molecule has 0 saturated carbocycles. The van der Waals surface area contributed by atoms with Crippen LogP contribution in [0.2, 0.25) is 0 Å². The van der Waals surface area contributed by atoms with Crippen molar-refractivity contribution in [2.75, 3.05) is 41.3 Å². The molecule has 2 fully saturated rings. The first-order valence-electron chi connectivity index (χ1n) is 11.4. The van der Waals surface area contributed by atoms with Gasteiger partial charge in [-0.2, -0.15) is 15.0 Å². The van der Waals surface area contributed by atoms with Gasteiger partial charge in [0.25, 0.3) is 0 Å². The predicted molar refractivity (Wildman–Crippen MR) is 156 cm³/mol. The molecule has 2 aliphatic heterocycles. The van der Waals surface area contributed by atoms with E-state index in [0.29, 0.717) is 11.9 Å². The molecule has 1 aromatic heterocycles. The first-order valence-corrected chi connectivity index (χ1v) is 11.4. The summed E-state index contributed by atoms with van der Waals surface area (Å²) in [6, 6.07) is 8.67. The van der Waals surface area contributed by atoms with Gasteiger partial charge in [0.2, 0.25) is 17.8 Å². The van der Waals surface area contributed by atoms with E-state index in [9.17, 15) is 0 Å². The maximum Gasteiger partial charge on any atom is 0.233 e. The number of halogens is 1. The average Bonchev–Trinajstić information content (AvgIpc) is 2.80. The van der Waals surface area contributed by atoms with Crippen molar-refractivity contribution >= 4 is 35.9 Å². The fourth-order valence-corrected chi connectivity index (χ4v) is 4.14. The number of anilines is 4. The number of piperidine rings is 2. The quantitative estimate of drug-likeness (QED) is 0.267. The van der Waals surface area contributed by atoms with Crippen LogP contribution in [-0.2, 0) is 0 Å². The van der Waals surface area contributed by atoms with E-state index < -0.39 is 0 Å². The zero-order valence-corrected chi connectivity index (χ0v) is 22.0. The third-order valence-corrected chi connectivity index (χ3v) is 6.24. The Balaban J connectivity index is -0.000000284. The minimum Gasteiger partial charge on any atom is -0.344 e. The molecular formula is C23H55ClN10. The molecule has 1 unspecified atom stereocenters. The van der Waals surface area contributed by atoms with E-state index in [0.717, 1.165) is 50.2 Å². The number of hydrogen-bond acceptors (Lipinski definition) is 10. The number of benzene rings is 1. The van der Waals surface area contributed by atoms with Gasteiger partial charge in [-0.1, -0.05) is 26.0 Å². The Kier molecular flexibility index (Phi) is 16.4. The van der Waals surface area contributed by atoms with Crippen LogP contribution < -0.4 is 39.7 Å². The molecule has 2 aliphatic rings. The number of nitrogens with one attached hydrogen (secondary N) is 1. The lowest BCUT2D eigenvalue weighted by Crippen LogP contribution is -2.34. The van der Waals surface area contributed by atoms with Gasteiger partial charge in [0.05, 0.1) is 0 Å². The third kappa shape index (κ3) is 8.52. The Bertz CT molecular complexity index is 775. The van der Waals surface area contributed by atoms with Crippen LogP contribution in [-0.4, -0.2) is 41.1 Å². The topological polar surface area (TPSA) is 197 Å². The zero-order valence-electron chi connectivity index (χ0n) is 21.1. The van der Waals surface area contributed by atoms with Crippen molar-refractivity contribution in [3.05, 3.63) is 29.8 Å². The van der Waals surface area contributed by atoms with Crippen LogP contribution >= 0.6 is 12.4 Å². The first kappa shape index (κ1) is 33.9. The van der Waals surface area contributed by atoms with Gasteiger partial charge >= 0.3 is 0 Å². The lowest BCUT2D eigenvalue weighted by Gasteiger charge is -2.30. The van der Waals surface area contributed by atoms with Crippen LogP contribution in [0.4, 0.5) is 23.5 Å². The molecule has 0 amide bonds. The summed E-state index contributed by atoms with van der Waals surface area (Å²) in [7, 11) is 0. The Hall–Kier alpha value is -2.24. The summed E-state index contributed by atoms with van der Waals surface area (Å²) >= 11 is 0. The van der Waals surface area contributed by atoms with Crippen LogP contribution in [0.1, 0.15) is 76.0 Å². The van der Waals surface area contributed by atoms with Crippen molar-refractivity contribution in [2.24, 2.45) is 0 Å². The summed E-state index contributed by atoms with van der Waals surface area (Å²) < 4.78 is 0. The molecule has 1 aromatic carbocycles. The monoisotopic (exact) mass is 506 g/mol. The van der Waals surface area contributed by atoms with E-state index in [2.05, 4.69) is 53.2 Å². The molecule has 1 atom stereocenters. The van der Waals surface area contributed by atoms with E-state index in [1.807, 2.05) is 0 Å². The van der Waals surface area contributed by atoms with Crippen molar-refractivity contribution in [1.29, 1.82) is 0 Å². The highest BCUT2D eigenvalue weighted by molar-refractivity contribution is 5.85. The summed E-state index contributed by atoms with van der Waals surface area (Å²) in [5, 5.41) is 3.43. The summed E-state index contributed by atoms with van der Waals surface area (Å²) in [6.07, 6.45) is 8.60. The van der Waals surface area contributed by atoms with Crippen molar-refractivity contribution < 1.29 is 5.71 Å². The molecule has 11 heteroatoms. The molecule has 0 spiro atoms. The third-order valence-electron chi connectivity index (χ3n) is 6.24. The Morgan fingerprint density at radius 2 is 1.21 bits per heavy atom. The molecule has 3 heterocycles. The van der Waals surface area contributed by atoms with Gasteiger partial charge in [-0.3, -0.25) is 0 Å². The highest BCUT2D eigenvalue weighted by Gasteiger charge is 2.20. The van der Waals surface area contributed by atoms with Crippen LogP contribution in [0.5, 0.6) is 0 Å². The molecule has 0 bridgehead atoms. The molecular weight excluding hydrogens is 452 g/mol. The Morgan fingerprint density at radius 1 is 0.765 bits per heavy atom. The standard InChI is InChI=1S/C23H34N6.ClH.4H3N.4H2/c1-3-18(2)19-10-12-20(13-11-19)24-21-25-22(28-14-6-4-7-15-28)27-23(26-21)29-16-8-5-9-17-29;;;;;;;;;/h10-13,18H,3-9,14-17H2,1-2H3,(H,24,25,26,27);1H;4*1H3;4*1H. The summed E-state index contributed by atoms with van der Waals surface area (Å²) in [6.45, 7) is 8.63. The second-order valence-electron chi connectivity index (χ2n) is 8.41. The molecule has 2 saturated heterocycles. The Morgan fingerprint density at radius 3 is 1.62 bits per heavy atom. The first-order chi connectivity index (χ1) is 14.2. The lowest BCUT2D eigenvalue weighted by atomic mass is 9.99. The number of nitrogens with zero attached hydrogens (tertiary/aromatic N) is 5. The largest absolute Gasteiger partial charge is 0.344 e. The van der Waals surface area contributed by atoms with E-state index in [1.165, 1.54) is 44.1 Å². The number of rotatable bonds is 6. The van der Waals surface area contributed by atoms with E-state index in [4.69, 9.17) is 15.0 Å². The molecule has 13 N–H and O–H groups in total. The van der Waals surface area contributed by atoms with Gasteiger partial charge in [0, 0.05) is 37.6 Å². The molecule has 204 valence electrons. The second kappa shape index (κ2) is 16.4. The highest BCUT2D eigenvalue weighted by Crippen LogP contribution is 2.25. The predicted octanol–water partition coefficient (Wildman–Crippen LogP) is 7.16. The van der Waals surface area contributed by atoms with Crippen molar-refractivity contribution in [2.45, 2.75) is 64.7 Å². The molecule has 0 radical (unpaired) electrons. The SMILES string of the molecule is CCC(C)c1ccc(Nc2nc(N3CCCCC3)nc(N3CCCCC3)n2)cc1.Cl.N.N.N.N.[HH].[HH].[HH].[HH]. The van der Waals surface area contributed by atoms with E-state index >= 15 is 0 Å². The summed E-state index contributed by atoms with van der Waals surface area (Å²) in [5.41, 5.74) is 2.40. The van der Waals surface area contributed by atoms with Crippen LogP contribution in [0.15, 0.2) is 24.3 Å². The number of aromatic nitrogens is 3. The molecule has 4 rings (SSSR count). The maximum atomic E-state index is 4.86. The lowest BCUT2D eigenvalue weighted by molar-refractivity contribution is 0.556. The molecule has 2 aromatic rings. The van der Waals surface area contributed by atoms with Crippen LogP contribution in [0.3, 0.4) is 0 Å². The second-order valence-corrected chi connectivity index (χ2v) is 8.41. The fraction of sp³-hybridized carbons (Fsp3) is 0.609. The number of hydrogen-bond donors (Lipinski definition) is 5. The minimum atomic E-state index is 0. The van der Waals surface area contributed by atoms with E-state index in [1.54, 1.807) is 0 Å².